The molecule has 0 aliphatic heterocycles. The highest BCUT2D eigenvalue weighted by Gasteiger charge is 2.50. The second-order valence-corrected chi connectivity index (χ2v) is 12.6. The van der Waals surface area contributed by atoms with E-state index in [0.29, 0.717) is 12.8 Å². The molecule has 0 unspecified atom stereocenters. The van der Waals surface area contributed by atoms with E-state index in [1.54, 1.807) is 0 Å². The van der Waals surface area contributed by atoms with Gasteiger partial charge in [-0.25, -0.2) is 0 Å². The molecule has 23 heavy (non-hydrogen) atoms. The Kier molecular flexibility index (Phi) is 5.19. The third-order valence-corrected chi connectivity index (χ3v) is 7.17. The van der Waals surface area contributed by atoms with Gasteiger partial charge in [-0.15, -0.1) is 0 Å². The molecular formula is C18H28O4Si. The molecule has 0 fully saturated rings. The zero-order valence-electron chi connectivity index (χ0n) is 15.0. The number of allylic oxidation sites excluding steroid dienone is 4. The van der Waals surface area contributed by atoms with Crippen LogP contribution in [0.4, 0.5) is 0 Å². The predicted octanol–water partition coefficient (Wildman–Crippen LogP) is 3.79. The zero-order chi connectivity index (χ0) is 17.3. The molecule has 0 saturated heterocycles. The fourth-order valence-electron chi connectivity index (χ4n) is 3.96. The third kappa shape index (κ3) is 3.30. The lowest BCUT2D eigenvalue weighted by Gasteiger charge is -2.31. The van der Waals surface area contributed by atoms with E-state index >= 15 is 0 Å². The summed E-state index contributed by atoms with van der Waals surface area (Å²) in [6, 6.07) is 0. The molecule has 2 aliphatic carbocycles. The normalized spacial score (nSPS) is 21.0. The first-order valence-electron chi connectivity index (χ1n) is 8.35. The van der Waals surface area contributed by atoms with Crippen LogP contribution in [0.2, 0.25) is 19.6 Å². The van der Waals surface area contributed by atoms with Crippen molar-refractivity contribution in [2.75, 3.05) is 14.2 Å². The van der Waals surface area contributed by atoms with Crippen molar-refractivity contribution in [3.8, 4) is 0 Å². The Labute approximate surface area is 139 Å². The molecule has 4 nitrogen and oxygen atoms in total. The molecule has 0 aromatic carbocycles. The molecular weight excluding hydrogens is 308 g/mol. The number of rotatable bonds is 3. The van der Waals surface area contributed by atoms with Gasteiger partial charge in [0.15, 0.2) is 5.41 Å². The Bertz CT molecular complexity index is 550. The summed E-state index contributed by atoms with van der Waals surface area (Å²) in [6.45, 7) is 7.06. The summed E-state index contributed by atoms with van der Waals surface area (Å²) in [5.41, 5.74) is 1.51. The molecule has 0 saturated carbocycles. The number of methoxy groups -OCH3 is 2. The zero-order valence-corrected chi connectivity index (χ0v) is 16.0. The van der Waals surface area contributed by atoms with Gasteiger partial charge in [-0.2, -0.15) is 0 Å². The number of esters is 2. The third-order valence-electron chi connectivity index (χ3n) is 5.05. The Morgan fingerprint density at radius 3 is 2.22 bits per heavy atom. The smallest absolute Gasteiger partial charge is 0.323 e. The van der Waals surface area contributed by atoms with Crippen molar-refractivity contribution in [1.29, 1.82) is 0 Å². The van der Waals surface area contributed by atoms with Crippen molar-refractivity contribution in [2.45, 2.75) is 58.2 Å². The summed E-state index contributed by atoms with van der Waals surface area (Å²) in [5.74, 6) is -0.913. The second-order valence-electron chi connectivity index (χ2n) is 7.58. The number of carbonyl (C=O) groups excluding carboxylic acids is 2. The van der Waals surface area contributed by atoms with Crippen LogP contribution in [0.1, 0.15) is 38.5 Å². The van der Waals surface area contributed by atoms with Gasteiger partial charge >= 0.3 is 11.9 Å². The van der Waals surface area contributed by atoms with E-state index in [9.17, 15) is 9.59 Å². The van der Waals surface area contributed by atoms with Crippen LogP contribution in [0.5, 0.6) is 0 Å². The molecule has 0 amide bonds. The fraction of sp³-hybridized carbons (Fsp3) is 0.667. The topological polar surface area (TPSA) is 52.6 Å². The van der Waals surface area contributed by atoms with Crippen molar-refractivity contribution >= 4 is 20.0 Å². The van der Waals surface area contributed by atoms with E-state index in [1.165, 1.54) is 30.6 Å². The highest BCUT2D eigenvalue weighted by atomic mass is 28.3. The minimum Gasteiger partial charge on any atom is -0.468 e. The van der Waals surface area contributed by atoms with Crippen molar-refractivity contribution in [1.82, 2.24) is 0 Å². The lowest BCUT2D eigenvalue weighted by atomic mass is 9.77. The maximum atomic E-state index is 12.4. The first-order valence-corrected chi connectivity index (χ1v) is 11.8. The average molecular weight is 337 g/mol. The van der Waals surface area contributed by atoms with Gasteiger partial charge in [0.25, 0.3) is 0 Å². The van der Waals surface area contributed by atoms with E-state index in [2.05, 4.69) is 25.7 Å². The fourth-order valence-corrected chi connectivity index (χ4v) is 5.93. The number of hydrogen-bond donors (Lipinski definition) is 0. The largest absolute Gasteiger partial charge is 0.468 e. The van der Waals surface area contributed by atoms with E-state index in [4.69, 9.17) is 9.47 Å². The van der Waals surface area contributed by atoms with Gasteiger partial charge in [-0.05, 0) is 44.1 Å². The van der Waals surface area contributed by atoms with E-state index in [1.807, 2.05) is 0 Å². The summed E-state index contributed by atoms with van der Waals surface area (Å²) in [7, 11) is 1.26. The van der Waals surface area contributed by atoms with Gasteiger partial charge in [-0.3, -0.25) is 9.59 Å². The summed E-state index contributed by atoms with van der Waals surface area (Å²) in [6.07, 6.45) is 7.01. The average Bonchev–Trinajstić information content (AvgIpc) is 2.72. The minimum atomic E-state index is -1.43. The van der Waals surface area contributed by atoms with Crippen LogP contribution in [0.25, 0.3) is 0 Å². The number of carbonyl (C=O) groups is 2. The predicted molar refractivity (Wildman–Crippen MR) is 92.6 cm³/mol. The Morgan fingerprint density at radius 2 is 1.70 bits per heavy atom. The molecule has 0 radical (unpaired) electrons. The van der Waals surface area contributed by atoms with Crippen molar-refractivity contribution in [2.24, 2.45) is 5.41 Å². The van der Waals surface area contributed by atoms with Crippen LogP contribution in [0.3, 0.4) is 0 Å². The van der Waals surface area contributed by atoms with Crippen LogP contribution in [-0.2, 0) is 19.1 Å². The van der Waals surface area contributed by atoms with Gasteiger partial charge in [0.05, 0.1) is 22.3 Å². The molecule has 128 valence electrons. The lowest BCUT2D eigenvalue weighted by molar-refractivity contribution is -0.169. The van der Waals surface area contributed by atoms with Gasteiger partial charge < -0.3 is 9.47 Å². The molecule has 0 spiro atoms. The quantitative estimate of drug-likeness (QED) is 0.447. The van der Waals surface area contributed by atoms with Gasteiger partial charge in [0.1, 0.15) is 0 Å². The Balaban J connectivity index is 2.48. The highest BCUT2D eigenvalue weighted by molar-refractivity contribution is 6.84. The molecule has 0 bridgehead atoms. The molecule has 2 aliphatic rings. The van der Waals surface area contributed by atoms with E-state index in [0.717, 1.165) is 25.7 Å². The number of hydrogen-bond acceptors (Lipinski definition) is 4. The van der Waals surface area contributed by atoms with Gasteiger partial charge in [0, 0.05) is 0 Å². The molecule has 0 aromatic rings. The van der Waals surface area contributed by atoms with E-state index in [-0.39, 0.29) is 0 Å². The van der Waals surface area contributed by atoms with Gasteiger partial charge in [-0.1, -0.05) is 36.5 Å². The standard InChI is InChI=1S/C18H28O4Si/c1-21-16(19)18(17(20)22-2)11-7-9-14-13(12-18)8-6-10-15(14)23(3,4)5/h10H,6-9,11-12H2,1-5H3. The first-order chi connectivity index (χ1) is 10.8. The Morgan fingerprint density at radius 1 is 1.09 bits per heavy atom. The SMILES string of the molecule is COC(=O)C1(C(=O)OC)CCCC2=C(CCC=C2[Si](C)(C)C)C1. The summed E-state index contributed by atoms with van der Waals surface area (Å²) in [4.78, 5) is 24.9. The first kappa shape index (κ1) is 18.0. The van der Waals surface area contributed by atoms with Crippen LogP contribution in [-0.4, -0.2) is 34.2 Å². The van der Waals surface area contributed by atoms with Crippen molar-refractivity contribution in [3.63, 3.8) is 0 Å². The summed E-state index contributed by atoms with van der Waals surface area (Å²) in [5, 5.41) is 1.50. The summed E-state index contributed by atoms with van der Waals surface area (Å²) >= 11 is 0. The van der Waals surface area contributed by atoms with Crippen LogP contribution in [0, 0.1) is 5.41 Å². The minimum absolute atomic E-state index is 0.448. The molecule has 0 aromatic heterocycles. The summed E-state index contributed by atoms with van der Waals surface area (Å²) < 4.78 is 9.95. The number of ether oxygens (including phenoxy) is 2. The van der Waals surface area contributed by atoms with Gasteiger partial charge in [0.2, 0.25) is 0 Å². The van der Waals surface area contributed by atoms with Crippen LogP contribution in [0.15, 0.2) is 22.4 Å². The molecule has 5 heteroatoms. The van der Waals surface area contributed by atoms with Crippen LogP contribution < -0.4 is 0 Å². The second kappa shape index (κ2) is 6.63. The maximum Gasteiger partial charge on any atom is 0.323 e. The maximum absolute atomic E-state index is 12.4. The molecule has 0 N–H and O–H groups in total. The Hall–Kier alpha value is -1.36. The lowest BCUT2D eigenvalue weighted by Crippen LogP contribution is -2.41. The monoisotopic (exact) mass is 336 g/mol. The molecule has 2 rings (SSSR count). The van der Waals surface area contributed by atoms with Crippen molar-refractivity contribution < 1.29 is 19.1 Å². The van der Waals surface area contributed by atoms with Crippen LogP contribution >= 0.6 is 0 Å². The van der Waals surface area contributed by atoms with Crippen molar-refractivity contribution in [3.05, 3.63) is 22.4 Å². The molecule has 0 heterocycles. The highest BCUT2D eigenvalue weighted by Crippen LogP contribution is 2.46. The molecule has 0 atom stereocenters. The van der Waals surface area contributed by atoms with E-state index < -0.39 is 25.4 Å².